The molecule has 0 saturated carbocycles. The molecular weight excluding hydrogens is 208 g/mol. The fourth-order valence-electron chi connectivity index (χ4n) is 1.40. The van der Waals surface area contributed by atoms with Crippen LogP contribution in [0.3, 0.4) is 0 Å². The Labute approximate surface area is 104 Å². The van der Waals surface area contributed by atoms with Gasteiger partial charge in [-0.1, -0.05) is 36.4 Å². The van der Waals surface area contributed by atoms with Crippen molar-refractivity contribution in [3.05, 3.63) is 66.0 Å². The third-order valence-corrected chi connectivity index (χ3v) is 2.15. The molecule has 2 aromatic rings. The molecule has 1 aromatic carbocycles. The number of rotatable bonds is 2. The molecule has 0 bridgehead atoms. The van der Waals surface area contributed by atoms with Crippen LogP contribution in [0.1, 0.15) is 11.3 Å². The molecule has 0 aliphatic carbocycles. The van der Waals surface area contributed by atoms with E-state index in [1.54, 1.807) is 6.20 Å². The van der Waals surface area contributed by atoms with Crippen LogP contribution in [0.4, 0.5) is 0 Å². The lowest BCUT2D eigenvalue weighted by atomic mass is 10.2. The highest BCUT2D eigenvalue weighted by atomic mass is 15.0. The smallest absolute Gasteiger partial charge is 0.0372 e. The molecule has 1 aromatic heterocycles. The first-order valence-electron chi connectivity index (χ1n) is 5.75. The first-order chi connectivity index (χ1) is 8.18. The summed E-state index contributed by atoms with van der Waals surface area (Å²) in [5.41, 5.74) is 2.44. The molecule has 2 heteroatoms. The summed E-state index contributed by atoms with van der Waals surface area (Å²) < 4.78 is 0. The lowest BCUT2D eigenvalue weighted by Crippen LogP contribution is -2.10. The number of hydrogen-bond donors (Lipinski definition) is 0. The van der Waals surface area contributed by atoms with Crippen molar-refractivity contribution < 1.29 is 0 Å². The molecule has 0 N–H and O–H groups in total. The van der Waals surface area contributed by atoms with Gasteiger partial charge in [0.2, 0.25) is 0 Å². The van der Waals surface area contributed by atoms with Crippen molar-refractivity contribution in [3.8, 4) is 0 Å². The van der Waals surface area contributed by atoms with Gasteiger partial charge in [-0.15, -0.1) is 0 Å². The molecular formula is C15H20N2. The van der Waals surface area contributed by atoms with E-state index in [-0.39, 0.29) is 0 Å². The standard InChI is InChI=1S/C9H13N.C6H7N/c1-10(2)8-9-6-4-3-5-7-9;1-6-4-2-3-5-7-6/h3-7H,8H2,1-2H3;2-5H,1H3. The second kappa shape index (κ2) is 7.58. The van der Waals surface area contributed by atoms with Gasteiger partial charge in [0.15, 0.2) is 0 Å². The lowest BCUT2D eigenvalue weighted by Gasteiger charge is -2.08. The van der Waals surface area contributed by atoms with Gasteiger partial charge in [0, 0.05) is 18.4 Å². The molecule has 0 atom stereocenters. The second-order valence-electron chi connectivity index (χ2n) is 4.19. The van der Waals surface area contributed by atoms with E-state index in [4.69, 9.17) is 0 Å². The molecule has 1 heterocycles. The van der Waals surface area contributed by atoms with E-state index in [0.717, 1.165) is 12.2 Å². The van der Waals surface area contributed by atoms with Crippen molar-refractivity contribution in [1.82, 2.24) is 9.88 Å². The zero-order chi connectivity index (χ0) is 12.5. The van der Waals surface area contributed by atoms with Gasteiger partial charge >= 0.3 is 0 Å². The van der Waals surface area contributed by atoms with Gasteiger partial charge in [-0.3, -0.25) is 4.98 Å². The molecule has 2 rings (SSSR count). The van der Waals surface area contributed by atoms with Gasteiger partial charge in [0.1, 0.15) is 0 Å². The van der Waals surface area contributed by atoms with Crippen LogP contribution in [-0.2, 0) is 6.54 Å². The molecule has 0 saturated heterocycles. The Morgan fingerprint density at radius 2 is 1.59 bits per heavy atom. The van der Waals surface area contributed by atoms with E-state index in [1.807, 2.05) is 31.2 Å². The third kappa shape index (κ3) is 6.48. The Balaban J connectivity index is 0.000000181. The van der Waals surface area contributed by atoms with Crippen LogP contribution in [0.25, 0.3) is 0 Å². The van der Waals surface area contributed by atoms with Crippen LogP contribution in [0.5, 0.6) is 0 Å². The molecule has 0 aliphatic rings. The fraction of sp³-hybridized carbons (Fsp3) is 0.267. The fourth-order valence-corrected chi connectivity index (χ4v) is 1.40. The summed E-state index contributed by atoms with van der Waals surface area (Å²) in [4.78, 5) is 6.14. The van der Waals surface area contributed by atoms with E-state index >= 15 is 0 Å². The van der Waals surface area contributed by atoms with Crippen LogP contribution in [0.2, 0.25) is 0 Å². The quantitative estimate of drug-likeness (QED) is 0.785. The second-order valence-corrected chi connectivity index (χ2v) is 4.19. The van der Waals surface area contributed by atoms with Gasteiger partial charge in [0.25, 0.3) is 0 Å². The van der Waals surface area contributed by atoms with Gasteiger partial charge in [-0.25, -0.2) is 0 Å². The topological polar surface area (TPSA) is 16.1 Å². The predicted octanol–water partition coefficient (Wildman–Crippen LogP) is 3.14. The molecule has 0 spiro atoms. The molecule has 90 valence electrons. The lowest BCUT2D eigenvalue weighted by molar-refractivity contribution is 0.402. The minimum Gasteiger partial charge on any atom is -0.305 e. The monoisotopic (exact) mass is 228 g/mol. The molecule has 0 aliphatic heterocycles. The first-order valence-corrected chi connectivity index (χ1v) is 5.75. The number of aryl methyl sites for hydroxylation is 1. The number of pyridine rings is 1. The summed E-state index contributed by atoms with van der Waals surface area (Å²) in [5.74, 6) is 0. The number of hydrogen-bond acceptors (Lipinski definition) is 2. The van der Waals surface area contributed by atoms with Crippen molar-refractivity contribution in [2.75, 3.05) is 14.1 Å². The number of benzene rings is 1. The SMILES string of the molecule is CN(C)Cc1ccccc1.Cc1ccccn1. The summed E-state index contributed by atoms with van der Waals surface area (Å²) in [5, 5.41) is 0. The highest BCUT2D eigenvalue weighted by molar-refractivity contribution is 5.14. The van der Waals surface area contributed by atoms with Crippen LogP contribution in [-0.4, -0.2) is 24.0 Å². The van der Waals surface area contributed by atoms with Crippen LogP contribution in [0.15, 0.2) is 54.7 Å². The maximum absolute atomic E-state index is 3.98. The number of nitrogens with zero attached hydrogens (tertiary/aromatic N) is 2. The van der Waals surface area contributed by atoms with Crippen molar-refractivity contribution in [2.24, 2.45) is 0 Å². The van der Waals surface area contributed by atoms with Crippen LogP contribution < -0.4 is 0 Å². The highest BCUT2D eigenvalue weighted by Crippen LogP contribution is 1.99. The predicted molar refractivity (Wildman–Crippen MR) is 72.8 cm³/mol. The Hall–Kier alpha value is -1.67. The van der Waals surface area contributed by atoms with Gasteiger partial charge < -0.3 is 4.90 Å². The molecule has 2 nitrogen and oxygen atoms in total. The normalized spacial score (nSPS) is 9.65. The van der Waals surface area contributed by atoms with E-state index in [0.29, 0.717) is 0 Å². The minimum absolute atomic E-state index is 1.03. The zero-order valence-electron chi connectivity index (χ0n) is 10.8. The van der Waals surface area contributed by atoms with Crippen molar-refractivity contribution in [3.63, 3.8) is 0 Å². The summed E-state index contributed by atoms with van der Waals surface area (Å²) in [6.45, 7) is 3.00. The summed E-state index contributed by atoms with van der Waals surface area (Å²) in [6.07, 6.45) is 1.79. The van der Waals surface area contributed by atoms with Crippen molar-refractivity contribution >= 4 is 0 Å². The van der Waals surface area contributed by atoms with Crippen LogP contribution in [0, 0.1) is 6.92 Å². The molecule has 0 fully saturated rings. The Bertz CT molecular complexity index is 396. The molecule has 0 amide bonds. The third-order valence-electron chi connectivity index (χ3n) is 2.15. The molecule has 0 radical (unpaired) electrons. The Morgan fingerprint density at radius 3 is 2.00 bits per heavy atom. The number of aromatic nitrogens is 1. The minimum atomic E-state index is 1.03. The largest absolute Gasteiger partial charge is 0.305 e. The Morgan fingerprint density at radius 1 is 0.941 bits per heavy atom. The van der Waals surface area contributed by atoms with E-state index in [9.17, 15) is 0 Å². The maximum Gasteiger partial charge on any atom is 0.0372 e. The van der Waals surface area contributed by atoms with Crippen molar-refractivity contribution in [1.29, 1.82) is 0 Å². The highest BCUT2D eigenvalue weighted by Gasteiger charge is 1.90. The van der Waals surface area contributed by atoms with E-state index in [2.05, 4.69) is 48.2 Å². The van der Waals surface area contributed by atoms with Gasteiger partial charge in [-0.05, 0) is 38.7 Å². The van der Waals surface area contributed by atoms with E-state index < -0.39 is 0 Å². The molecule has 0 unspecified atom stereocenters. The average Bonchev–Trinajstić information content (AvgIpc) is 2.31. The van der Waals surface area contributed by atoms with Gasteiger partial charge in [0.05, 0.1) is 0 Å². The van der Waals surface area contributed by atoms with Crippen molar-refractivity contribution in [2.45, 2.75) is 13.5 Å². The zero-order valence-corrected chi connectivity index (χ0v) is 10.8. The summed E-state index contributed by atoms with van der Waals surface area (Å²) in [7, 11) is 4.15. The van der Waals surface area contributed by atoms with Gasteiger partial charge in [-0.2, -0.15) is 0 Å². The van der Waals surface area contributed by atoms with Crippen LogP contribution >= 0.6 is 0 Å². The average molecular weight is 228 g/mol. The molecule has 17 heavy (non-hydrogen) atoms. The maximum atomic E-state index is 3.98. The summed E-state index contributed by atoms with van der Waals surface area (Å²) >= 11 is 0. The Kier molecular flexibility index (Phi) is 5.97. The first kappa shape index (κ1) is 13.4. The van der Waals surface area contributed by atoms with E-state index in [1.165, 1.54) is 5.56 Å². The summed E-state index contributed by atoms with van der Waals surface area (Å²) in [6, 6.07) is 16.3.